The number of nitrogens with one attached hydrogen (secondary N) is 1. The summed E-state index contributed by atoms with van der Waals surface area (Å²) in [6, 6.07) is 11.8. The zero-order valence-corrected chi connectivity index (χ0v) is 13.3. The molecular formula is C18H17ClFNO2. The van der Waals surface area contributed by atoms with Gasteiger partial charge in [0.25, 0.3) is 0 Å². The molecule has 0 spiro atoms. The minimum atomic E-state index is -0.255. The molecule has 5 heteroatoms. The summed E-state index contributed by atoms with van der Waals surface area (Å²) in [7, 11) is 0. The number of carbonyl (C=O) groups excluding carboxylic acids is 1. The van der Waals surface area contributed by atoms with Crippen molar-refractivity contribution < 1.29 is 13.9 Å². The lowest BCUT2D eigenvalue weighted by atomic mass is 9.96. The van der Waals surface area contributed by atoms with Crippen molar-refractivity contribution in [1.82, 2.24) is 5.32 Å². The van der Waals surface area contributed by atoms with E-state index in [0.29, 0.717) is 31.0 Å². The van der Waals surface area contributed by atoms with Crippen LogP contribution >= 0.6 is 11.6 Å². The van der Waals surface area contributed by atoms with Crippen LogP contribution in [0.2, 0.25) is 5.02 Å². The van der Waals surface area contributed by atoms with Crippen molar-refractivity contribution in [2.45, 2.75) is 12.8 Å². The second-order valence-electron chi connectivity index (χ2n) is 5.63. The fourth-order valence-corrected chi connectivity index (χ4v) is 2.85. The first-order chi connectivity index (χ1) is 11.1. The number of fused-ring (bicyclic) bond motifs is 1. The van der Waals surface area contributed by atoms with Gasteiger partial charge in [-0.3, -0.25) is 4.79 Å². The van der Waals surface area contributed by atoms with Crippen molar-refractivity contribution in [2.24, 2.45) is 5.92 Å². The molecule has 0 saturated carbocycles. The molecule has 1 N–H and O–H groups in total. The highest BCUT2D eigenvalue weighted by atomic mass is 35.5. The zero-order valence-electron chi connectivity index (χ0n) is 12.5. The Morgan fingerprint density at radius 3 is 2.83 bits per heavy atom. The third-order valence-corrected chi connectivity index (χ3v) is 4.16. The molecule has 120 valence electrons. The van der Waals surface area contributed by atoms with E-state index in [-0.39, 0.29) is 17.6 Å². The van der Waals surface area contributed by atoms with E-state index in [1.807, 2.05) is 12.1 Å². The van der Waals surface area contributed by atoms with Crippen LogP contribution < -0.4 is 10.1 Å². The first kappa shape index (κ1) is 15.8. The molecule has 0 aromatic heterocycles. The van der Waals surface area contributed by atoms with Gasteiger partial charge in [-0.05, 0) is 54.3 Å². The Bertz CT molecular complexity index is 703. The highest BCUT2D eigenvalue weighted by molar-refractivity contribution is 6.30. The van der Waals surface area contributed by atoms with Crippen LogP contribution in [0.15, 0.2) is 42.5 Å². The number of halogens is 2. The molecule has 0 radical (unpaired) electrons. The molecule has 0 saturated heterocycles. The normalized spacial score (nSPS) is 16.3. The molecule has 23 heavy (non-hydrogen) atoms. The zero-order chi connectivity index (χ0) is 16.2. The summed E-state index contributed by atoms with van der Waals surface area (Å²) >= 11 is 5.98. The third kappa shape index (κ3) is 4.02. The monoisotopic (exact) mass is 333 g/mol. The summed E-state index contributed by atoms with van der Waals surface area (Å²) < 4.78 is 18.5. The largest absolute Gasteiger partial charge is 0.492 e. The number of amides is 1. The molecule has 0 bridgehead atoms. The smallest absolute Gasteiger partial charge is 0.226 e. The third-order valence-electron chi connectivity index (χ3n) is 3.93. The standard InChI is InChI=1S/C18H17ClFNO2/c19-15-3-6-17-13(10-15)9-14(11-23-17)18(22)21-8-7-12-1-4-16(20)5-2-12/h1-6,10,14H,7-9,11H2,(H,21,22)/t14-/m1/s1. The van der Waals surface area contributed by atoms with E-state index >= 15 is 0 Å². The van der Waals surface area contributed by atoms with Crippen LogP contribution in [0.3, 0.4) is 0 Å². The summed E-state index contributed by atoms with van der Waals surface area (Å²) in [5, 5.41) is 3.56. The molecule has 1 heterocycles. The first-order valence-electron chi connectivity index (χ1n) is 7.55. The summed E-state index contributed by atoms with van der Waals surface area (Å²) in [4.78, 5) is 12.3. The number of hydrogen-bond acceptors (Lipinski definition) is 2. The van der Waals surface area contributed by atoms with Crippen LogP contribution in [0.5, 0.6) is 5.75 Å². The summed E-state index contributed by atoms with van der Waals surface area (Å²) in [5.74, 6) is 0.297. The molecule has 0 fully saturated rings. The highest BCUT2D eigenvalue weighted by Crippen LogP contribution is 2.29. The van der Waals surface area contributed by atoms with Crippen molar-refractivity contribution in [3.05, 3.63) is 64.4 Å². The average molecular weight is 334 g/mol. The lowest BCUT2D eigenvalue weighted by Gasteiger charge is -2.24. The van der Waals surface area contributed by atoms with Gasteiger partial charge in [-0.2, -0.15) is 0 Å². The van der Waals surface area contributed by atoms with Gasteiger partial charge in [0.15, 0.2) is 0 Å². The first-order valence-corrected chi connectivity index (χ1v) is 7.93. The van der Waals surface area contributed by atoms with Crippen molar-refractivity contribution >= 4 is 17.5 Å². The summed E-state index contributed by atoms with van der Waals surface area (Å²) in [5.41, 5.74) is 1.95. The van der Waals surface area contributed by atoms with E-state index in [1.54, 1.807) is 18.2 Å². The minimum Gasteiger partial charge on any atom is -0.492 e. The molecule has 1 amide bonds. The Labute approximate surface area is 139 Å². The van der Waals surface area contributed by atoms with Gasteiger partial charge in [-0.1, -0.05) is 23.7 Å². The maximum Gasteiger partial charge on any atom is 0.226 e. The molecule has 2 aromatic rings. The van der Waals surface area contributed by atoms with Crippen LogP contribution in [0.25, 0.3) is 0 Å². The predicted molar refractivity (Wildman–Crippen MR) is 87.3 cm³/mol. The quantitative estimate of drug-likeness (QED) is 0.931. The topological polar surface area (TPSA) is 38.3 Å². The van der Waals surface area contributed by atoms with Gasteiger partial charge in [0.1, 0.15) is 18.2 Å². The molecule has 1 aliphatic heterocycles. The summed E-state index contributed by atoms with van der Waals surface area (Å²) in [6.07, 6.45) is 1.29. The molecule has 0 aliphatic carbocycles. The Morgan fingerprint density at radius 1 is 1.26 bits per heavy atom. The van der Waals surface area contributed by atoms with Crippen LogP contribution in [-0.2, 0) is 17.6 Å². The van der Waals surface area contributed by atoms with Crippen LogP contribution in [-0.4, -0.2) is 19.1 Å². The van der Waals surface area contributed by atoms with E-state index in [1.165, 1.54) is 12.1 Å². The number of hydrogen-bond donors (Lipinski definition) is 1. The van der Waals surface area contributed by atoms with Crippen molar-refractivity contribution in [2.75, 3.05) is 13.2 Å². The Balaban J connectivity index is 1.52. The SMILES string of the molecule is O=C(NCCc1ccc(F)cc1)[C@H]1COc2ccc(Cl)cc2C1. The number of ether oxygens (including phenoxy) is 1. The average Bonchev–Trinajstić information content (AvgIpc) is 2.56. The molecule has 0 unspecified atom stereocenters. The maximum atomic E-state index is 12.8. The molecule has 2 aromatic carbocycles. The van der Waals surface area contributed by atoms with Gasteiger partial charge < -0.3 is 10.1 Å². The highest BCUT2D eigenvalue weighted by Gasteiger charge is 2.25. The van der Waals surface area contributed by atoms with Crippen LogP contribution in [0, 0.1) is 11.7 Å². The van der Waals surface area contributed by atoms with Gasteiger partial charge in [0.2, 0.25) is 5.91 Å². The van der Waals surface area contributed by atoms with E-state index in [2.05, 4.69) is 5.32 Å². The van der Waals surface area contributed by atoms with Gasteiger partial charge in [0.05, 0.1) is 5.92 Å². The van der Waals surface area contributed by atoms with E-state index < -0.39 is 0 Å². The number of carbonyl (C=O) groups is 1. The lowest BCUT2D eigenvalue weighted by molar-refractivity contribution is -0.126. The number of benzene rings is 2. The minimum absolute atomic E-state index is 0.0299. The molecular weight excluding hydrogens is 317 g/mol. The second kappa shape index (κ2) is 7.01. The predicted octanol–water partition coefficient (Wildman–Crippen LogP) is 3.39. The molecule has 1 atom stereocenters. The van der Waals surface area contributed by atoms with Crippen molar-refractivity contribution in [1.29, 1.82) is 0 Å². The second-order valence-corrected chi connectivity index (χ2v) is 6.07. The Morgan fingerprint density at radius 2 is 2.04 bits per heavy atom. The fourth-order valence-electron chi connectivity index (χ4n) is 2.66. The summed E-state index contributed by atoms with van der Waals surface area (Å²) in [6.45, 7) is 0.889. The van der Waals surface area contributed by atoms with Gasteiger partial charge in [0, 0.05) is 11.6 Å². The van der Waals surface area contributed by atoms with E-state index in [4.69, 9.17) is 16.3 Å². The van der Waals surface area contributed by atoms with E-state index in [9.17, 15) is 9.18 Å². The maximum absolute atomic E-state index is 12.8. The Kier molecular flexibility index (Phi) is 4.82. The molecule has 3 rings (SSSR count). The van der Waals surface area contributed by atoms with Gasteiger partial charge >= 0.3 is 0 Å². The van der Waals surface area contributed by atoms with Crippen LogP contribution in [0.1, 0.15) is 11.1 Å². The van der Waals surface area contributed by atoms with Crippen LogP contribution in [0.4, 0.5) is 4.39 Å². The molecule has 1 aliphatic rings. The Hall–Kier alpha value is -2.07. The van der Waals surface area contributed by atoms with Crippen molar-refractivity contribution in [3.8, 4) is 5.75 Å². The van der Waals surface area contributed by atoms with Gasteiger partial charge in [-0.15, -0.1) is 0 Å². The van der Waals surface area contributed by atoms with Gasteiger partial charge in [-0.25, -0.2) is 4.39 Å². The lowest BCUT2D eigenvalue weighted by Crippen LogP contribution is -2.38. The number of rotatable bonds is 4. The van der Waals surface area contributed by atoms with E-state index in [0.717, 1.165) is 16.9 Å². The fraction of sp³-hybridized carbons (Fsp3) is 0.278. The molecule has 3 nitrogen and oxygen atoms in total. The van der Waals surface area contributed by atoms with Crippen molar-refractivity contribution in [3.63, 3.8) is 0 Å².